The third-order valence-corrected chi connectivity index (χ3v) is 6.47. The van der Waals surface area contributed by atoms with Gasteiger partial charge in [-0.1, -0.05) is 54.6 Å². The second kappa shape index (κ2) is 9.71. The highest BCUT2D eigenvalue weighted by molar-refractivity contribution is 7.65. The molecule has 0 fully saturated rings. The van der Waals surface area contributed by atoms with Crippen molar-refractivity contribution in [1.29, 1.82) is 0 Å². The minimum Gasteiger partial charge on any atom is -0.478 e. The van der Waals surface area contributed by atoms with E-state index in [-0.39, 0.29) is 11.1 Å². The number of benzene rings is 3. The molecule has 4 N–H and O–H groups in total. The average molecular weight is 408 g/mol. The molecule has 7 heteroatoms. The molecule has 29 heavy (non-hydrogen) atoms. The van der Waals surface area contributed by atoms with Gasteiger partial charge in [0.25, 0.3) is 0 Å². The maximum atomic E-state index is 11.4. The van der Waals surface area contributed by atoms with Crippen molar-refractivity contribution < 1.29 is 19.8 Å². The van der Waals surface area contributed by atoms with E-state index in [9.17, 15) is 19.8 Å². The van der Waals surface area contributed by atoms with Crippen LogP contribution in [0, 0.1) is 0 Å². The van der Waals surface area contributed by atoms with Crippen molar-refractivity contribution in [3.63, 3.8) is 0 Å². The summed E-state index contributed by atoms with van der Waals surface area (Å²) in [7, 11) is -0.775. The molecule has 0 unspecified atom stereocenters. The number of anilines is 2. The Morgan fingerprint density at radius 2 is 1.07 bits per heavy atom. The molecule has 0 saturated carbocycles. The summed E-state index contributed by atoms with van der Waals surface area (Å²) in [5.41, 5.74) is 1.57. The normalized spacial score (nSPS) is 10.5. The van der Waals surface area contributed by atoms with E-state index >= 15 is 0 Å². The minimum absolute atomic E-state index is 0.222. The molecule has 0 aliphatic rings. The van der Waals surface area contributed by atoms with Gasteiger partial charge in [-0.05, 0) is 37.5 Å². The lowest BCUT2D eigenvalue weighted by molar-refractivity contribution is 0.0687. The van der Waals surface area contributed by atoms with Crippen LogP contribution in [0.5, 0.6) is 0 Å². The Labute approximate surface area is 170 Å². The maximum Gasteiger partial charge on any atom is 0.337 e. The van der Waals surface area contributed by atoms with Gasteiger partial charge in [-0.2, -0.15) is 0 Å². The molecule has 0 amide bonds. The Kier molecular flexibility index (Phi) is 6.82. The maximum absolute atomic E-state index is 11.4. The van der Waals surface area contributed by atoms with Crippen LogP contribution in [-0.2, 0) is 0 Å². The quantitative estimate of drug-likeness (QED) is 0.394. The van der Waals surface area contributed by atoms with E-state index in [0.717, 1.165) is 5.30 Å². The van der Waals surface area contributed by atoms with Crippen molar-refractivity contribution >= 4 is 36.5 Å². The van der Waals surface area contributed by atoms with Crippen LogP contribution in [0.1, 0.15) is 20.7 Å². The van der Waals surface area contributed by atoms with E-state index in [1.807, 2.05) is 30.3 Å². The highest BCUT2D eigenvalue weighted by Gasteiger charge is 2.15. The lowest BCUT2D eigenvalue weighted by Crippen LogP contribution is -2.17. The smallest absolute Gasteiger partial charge is 0.337 e. The zero-order valence-electron chi connectivity index (χ0n) is 15.6. The average Bonchev–Trinajstić information content (AvgIpc) is 2.74. The van der Waals surface area contributed by atoms with Crippen LogP contribution in [-0.4, -0.2) is 34.7 Å². The summed E-state index contributed by atoms with van der Waals surface area (Å²) >= 11 is 0. The van der Waals surface area contributed by atoms with Crippen molar-refractivity contribution in [3.05, 3.63) is 90.0 Å². The lowest BCUT2D eigenvalue weighted by atomic mass is 10.2. The molecule has 0 saturated heterocycles. The first-order valence-electron chi connectivity index (χ1n) is 8.98. The number of carboxylic acids is 2. The van der Waals surface area contributed by atoms with Gasteiger partial charge in [0.15, 0.2) is 0 Å². The van der Waals surface area contributed by atoms with Gasteiger partial charge in [0, 0.05) is 23.9 Å². The van der Waals surface area contributed by atoms with Crippen molar-refractivity contribution in [2.75, 3.05) is 23.2 Å². The fourth-order valence-corrected chi connectivity index (χ4v) is 4.68. The molecule has 0 atom stereocenters. The summed E-state index contributed by atoms with van der Waals surface area (Å²) in [6.07, 6.45) is 1.09. The van der Waals surface area contributed by atoms with E-state index in [0.29, 0.717) is 23.9 Å². The molecule has 0 spiro atoms. The van der Waals surface area contributed by atoms with Gasteiger partial charge in [-0.15, -0.1) is 0 Å². The number of nitrogens with one attached hydrogen (secondary N) is 2. The van der Waals surface area contributed by atoms with Crippen molar-refractivity contribution in [2.45, 2.75) is 0 Å². The van der Waals surface area contributed by atoms with Gasteiger partial charge in [0.1, 0.15) is 0 Å². The van der Waals surface area contributed by atoms with Crippen molar-refractivity contribution in [3.8, 4) is 0 Å². The molecule has 0 heterocycles. The third-order valence-electron chi connectivity index (χ3n) is 4.36. The number of rotatable bonds is 9. The van der Waals surface area contributed by atoms with E-state index < -0.39 is 19.9 Å². The zero-order valence-corrected chi connectivity index (χ0v) is 16.5. The highest BCUT2D eigenvalue weighted by Crippen LogP contribution is 2.35. The predicted molar refractivity (Wildman–Crippen MR) is 117 cm³/mol. The summed E-state index contributed by atoms with van der Waals surface area (Å²) in [5.74, 6) is -1.96. The highest BCUT2D eigenvalue weighted by atomic mass is 31.1. The van der Waals surface area contributed by atoms with Crippen LogP contribution in [0.3, 0.4) is 0 Å². The SMILES string of the molecule is O=C(O)c1ccccc1NCP(CNc1ccccc1C(=O)O)c1ccccc1. The van der Waals surface area contributed by atoms with Crippen LogP contribution in [0.15, 0.2) is 78.9 Å². The van der Waals surface area contributed by atoms with Gasteiger partial charge in [0.05, 0.1) is 11.1 Å². The van der Waals surface area contributed by atoms with Gasteiger partial charge in [-0.3, -0.25) is 0 Å². The number of carboxylic acid groups (broad SMARTS) is 2. The molecule has 0 radical (unpaired) electrons. The summed E-state index contributed by atoms with van der Waals surface area (Å²) < 4.78 is 0. The number of hydrogen-bond acceptors (Lipinski definition) is 4. The standard InChI is InChI=1S/C22H21N2O4P/c25-21(26)17-10-4-6-12-19(17)23-14-29(16-8-2-1-3-9-16)15-24-20-13-7-5-11-18(20)22(27)28/h1-13,23-24H,14-15H2,(H,25,26)(H,27,28). The van der Waals surface area contributed by atoms with Crippen LogP contribution >= 0.6 is 7.92 Å². The second-order valence-corrected chi connectivity index (χ2v) is 8.48. The molecule has 0 aromatic heterocycles. The summed E-state index contributed by atoms with van der Waals surface area (Å²) in [5, 5.41) is 26.4. The monoisotopic (exact) mass is 408 g/mol. The largest absolute Gasteiger partial charge is 0.478 e. The van der Waals surface area contributed by atoms with Gasteiger partial charge in [-0.25, -0.2) is 9.59 Å². The first kappa shape index (κ1) is 20.4. The van der Waals surface area contributed by atoms with Gasteiger partial charge < -0.3 is 20.8 Å². The van der Waals surface area contributed by atoms with Crippen LogP contribution < -0.4 is 15.9 Å². The second-order valence-electron chi connectivity index (χ2n) is 6.25. The molecule has 0 aliphatic heterocycles. The summed E-state index contributed by atoms with van der Waals surface area (Å²) in [6, 6.07) is 23.5. The minimum atomic E-state index is -0.981. The topological polar surface area (TPSA) is 98.7 Å². The third kappa shape index (κ3) is 5.33. The van der Waals surface area contributed by atoms with Gasteiger partial charge in [0.2, 0.25) is 0 Å². The Morgan fingerprint density at radius 3 is 1.52 bits per heavy atom. The number of hydrogen-bond donors (Lipinski definition) is 4. The summed E-state index contributed by atoms with van der Waals surface area (Å²) in [6.45, 7) is 0. The number of para-hydroxylation sites is 2. The molecule has 3 aromatic rings. The molecule has 3 aromatic carbocycles. The molecule has 3 rings (SSSR count). The Balaban J connectivity index is 1.78. The fraction of sp³-hybridized carbons (Fsp3) is 0.0909. The number of aromatic carboxylic acids is 2. The van der Waals surface area contributed by atoms with Crippen LogP contribution in [0.25, 0.3) is 0 Å². The van der Waals surface area contributed by atoms with Crippen molar-refractivity contribution in [2.24, 2.45) is 0 Å². The summed E-state index contributed by atoms with van der Waals surface area (Å²) in [4.78, 5) is 22.9. The first-order chi connectivity index (χ1) is 14.1. The molecule has 0 bridgehead atoms. The molecule has 0 aliphatic carbocycles. The Bertz CT molecular complexity index is 933. The van der Waals surface area contributed by atoms with Crippen molar-refractivity contribution in [1.82, 2.24) is 0 Å². The van der Waals surface area contributed by atoms with E-state index in [1.165, 1.54) is 0 Å². The van der Waals surface area contributed by atoms with Crippen LogP contribution in [0.4, 0.5) is 11.4 Å². The Morgan fingerprint density at radius 1 is 0.655 bits per heavy atom. The number of carbonyl (C=O) groups is 2. The fourth-order valence-electron chi connectivity index (χ4n) is 2.89. The predicted octanol–water partition coefficient (Wildman–Crippen LogP) is 4.33. The van der Waals surface area contributed by atoms with Gasteiger partial charge >= 0.3 is 11.9 Å². The lowest BCUT2D eigenvalue weighted by Gasteiger charge is -2.22. The zero-order chi connectivity index (χ0) is 20.6. The first-order valence-corrected chi connectivity index (χ1v) is 10.7. The molecule has 6 nitrogen and oxygen atoms in total. The van der Waals surface area contributed by atoms with E-state index in [4.69, 9.17) is 0 Å². The molecule has 148 valence electrons. The van der Waals surface area contributed by atoms with E-state index in [1.54, 1.807) is 48.5 Å². The van der Waals surface area contributed by atoms with Crippen LogP contribution in [0.2, 0.25) is 0 Å². The van der Waals surface area contributed by atoms with E-state index in [2.05, 4.69) is 10.6 Å². The molecular formula is C22H21N2O4P. The Hall–Kier alpha value is -3.37. The molecular weight excluding hydrogens is 387 g/mol.